The standard InChI is InChI=1S/C26H24N2O7/c1-16-4-6-17(7-5-16)15-34-21-10-8-18(13-23(21)32-2)12-20-24(29)28(26(31)27-20)14-19-9-11-22(35-19)25(30)33-3/h4-13H,14-15H2,1-3H3,(H,27,31). The van der Waals surface area contributed by atoms with Gasteiger partial charge >= 0.3 is 12.0 Å². The van der Waals surface area contributed by atoms with Crippen LogP contribution in [0, 0.1) is 6.92 Å². The van der Waals surface area contributed by atoms with Crippen LogP contribution in [0.4, 0.5) is 4.79 Å². The van der Waals surface area contributed by atoms with E-state index in [2.05, 4.69) is 10.1 Å². The average Bonchev–Trinajstić information content (AvgIpc) is 3.44. The summed E-state index contributed by atoms with van der Waals surface area (Å²) in [5.41, 5.74) is 2.94. The second-order valence-corrected chi connectivity index (χ2v) is 7.82. The fourth-order valence-corrected chi connectivity index (χ4v) is 3.45. The zero-order valence-electron chi connectivity index (χ0n) is 19.5. The number of nitrogens with zero attached hydrogens (tertiary/aromatic N) is 1. The first-order chi connectivity index (χ1) is 16.9. The van der Waals surface area contributed by atoms with Gasteiger partial charge in [0.25, 0.3) is 5.91 Å². The van der Waals surface area contributed by atoms with Crippen LogP contribution in [-0.2, 0) is 22.7 Å². The largest absolute Gasteiger partial charge is 0.493 e. The molecule has 180 valence electrons. The van der Waals surface area contributed by atoms with Gasteiger partial charge < -0.3 is 23.9 Å². The summed E-state index contributed by atoms with van der Waals surface area (Å²) in [4.78, 5) is 37.7. The normalized spacial score (nSPS) is 14.3. The van der Waals surface area contributed by atoms with E-state index in [0.29, 0.717) is 23.7 Å². The molecule has 1 aliphatic rings. The first kappa shape index (κ1) is 23.6. The van der Waals surface area contributed by atoms with Gasteiger partial charge in [0.2, 0.25) is 5.76 Å². The van der Waals surface area contributed by atoms with E-state index in [1.165, 1.54) is 31.9 Å². The molecule has 35 heavy (non-hydrogen) atoms. The highest BCUT2D eigenvalue weighted by Gasteiger charge is 2.34. The number of urea groups is 1. The molecule has 3 amide bonds. The van der Waals surface area contributed by atoms with E-state index in [1.54, 1.807) is 24.3 Å². The van der Waals surface area contributed by atoms with Crippen LogP contribution in [0.25, 0.3) is 6.08 Å². The molecule has 1 aromatic heterocycles. The molecule has 0 saturated carbocycles. The highest BCUT2D eigenvalue weighted by atomic mass is 16.5. The summed E-state index contributed by atoms with van der Waals surface area (Å²) in [7, 11) is 2.76. The van der Waals surface area contributed by atoms with Crippen LogP contribution < -0.4 is 14.8 Å². The average molecular weight is 476 g/mol. The van der Waals surface area contributed by atoms with Crippen LogP contribution in [0.5, 0.6) is 11.5 Å². The van der Waals surface area contributed by atoms with Gasteiger partial charge in [-0.25, -0.2) is 9.59 Å². The third kappa shape index (κ3) is 5.35. The van der Waals surface area contributed by atoms with E-state index in [4.69, 9.17) is 13.9 Å². The number of rotatable bonds is 8. The van der Waals surface area contributed by atoms with Crippen molar-refractivity contribution in [3.8, 4) is 11.5 Å². The third-order valence-electron chi connectivity index (χ3n) is 5.34. The van der Waals surface area contributed by atoms with E-state index >= 15 is 0 Å². The summed E-state index contributed by atoms with van der Waals surface area (Å²) >= 11 is 0. The van der Waals surface area contributed by atoms with Gasteiger partial charge in [-0.2, -0.15) is 0 Å². The number of carbonyl (C=O) groups excluding carboxylic acids is 3. The van der Waals surface area contributed by atoms with Gasteiger partial charge in [-0.15, -0.1) is 0 Å². The van der Waals surface area contributed by atoms with Gasteiger partial charge in [0.05, 0.1) is 20.8 Å². The Morgan fingerprint density at radius 3 is 2.51 bits per heavy atom. The molecule has 9 heteroatoms. The molecule has 0 atom stereocenters. The molecule has 1 fully saturated rings. The number of carbonyl (C=O) groups is 3. The Bertz CT molecular complexity index is 1290. The fourth-order valence-electron chi connectivity index (χ4n) is 3.45. The molecule has 3 aromatic rings. The maximum absolute atomic E-state index is 12.8. The molecule has 0 unspecified atom stereocenters. The highest BCUT2D eigenvalue weighted by Crippen LogP contribution is 2.30. The Kier molecular flexibility index (Phi) is 6.86. The number of methoxy groups -OCH3 is 2. The van der Waals surface area contributed by atoms with Crippen LogP contribution in [0.1, 0.15) is 33.0 Å². The Balaban J connectivity index is 1.46. The molecule has 2 aromatic carbocycles. The van der Waals surface area contributed by atoms with E-state index in [-0.39, 0.29) is 23.8 Å². The molecule has 1 saturated heterocycles. The summed E-state index contributed by atoms with van der Waals surface area (Å²) in [6.45, 7) is 2.27. The summed E-state index contributed by atoms with van der Waals surface area (Å²) < 4.78 is 21.3. The molecule has 1 aliphatic heterocycles. The molecule has 0 bridgehead atoms. The number of nitrogens with one attached hydrogen (secondary N) is 1. The Morgan fingerprint density at radius 1 is 1.03 bits per heavy atom. The number of furan rings is 1. The van der Waals surface area contributed by atoms with Gasteiger partial charge in [-0.05, 0) is 48.4 Å². The number of amides is 3. The second-order valence-electron chi connectivity index (χ2n) is 7.82. The number of hydrogen-bond acceptors (Lipinski definition) is 7. The van der Waals surface area contributed by atoms with Gasteiger partial charge in [0.1, 0.15) is 18.1 Å². The van der Waals surface area contributed by atoms with Crippen LogP contribution in [-0.4, -0.2) is 37.0 Å². The van der Waals surface area contributed by atoms with E-state index in [1.807, 2.05) is 31.2 Å². The molecule has 4 rings (SSSR count). The maximum Gasteiger partial charge on any atom is 0.373 e. The second kappa shape index (κ2) is 10.2. The monoisotopic (exact) mass is 476 g/mol. The highest BCUT2D eigenvalue weighted by molar-refractivity contribution is 6.13. The lowest BCUT2D eigenvalue weighted by Gasteiger charge is -2.12. The Morgan fingerprint density at radius 2 is 1.80 bits per heavy atom. The minimum Gasteiger partial charge on any atom is -0.493 e. The summed E-state index contributed by atoms with van der Waals surface area (Å²) in [5.74, 6) is 0.136. The first-order valence-electron chi connectivity index (χ1n) is 10.8. The number of hydrogen-bond donors (Lipinski definition) is 1. The number of benzene rings is 2. The number of ether oxygens (including phenoxy) is 3. The van der Waals surface area contributed by atoms with Crippen LogP contribution in [0.15, 0.2) is 64.7 Å². The van der Waals surface area contributed by atoms with Crippen LogP contribution >= 0.6 is 0 Å². The van der Waals surface area contributed by atoms with E-state index in [0.717, 1.165) is 10.5 Å². The molecule has 1 N–H and O–H groups in total. The topological polar surface area (TPSA) is 107 Å². The SMILES string of the molecule is COC(=O)c1ccc(CN2C(=O)NC(=Cc3ccc(OCc4ccc(C)cc4)c(OC)c3)C2=O)o1. The van der Waals surface area contributed by atoms with Gasteiger partial charge in [0, 0.05) is 0 Å². The van der Waals surface area contributed by atoms with Crippen molar-refractivity contribution in [2.45, 2.75) is 20.1 Å². The predicted octanol–water partition coefficient (Wildman–Crippen LogP) is 4.06. The molecule has 0 aliphatic carbocycles. The van der Waals surface area contributed by atoms with Gasteiger partial charge in [-0.1, -0.05) is 35.9 Å². The summed E-state index contributed by atoms with van der Waals surface area (Å²) in [5, 5.41) is 2.56. The summed E-state index contributed by atoms with van der Waals surface area (Å²) in [6.07, 6.45) is 1.55. The van der Waals surface area contributed by atoms with Gasteiger partial charge in [-0.3, -0.25) is 9.69 Å². The minimum absolute atomic E-state index is 0.0119. The van der Waals surface area contributed by atoms with Crippen LogP contribution in [0.2, 0.25) is 0 Å². The first-order valence-corrected chi connectivity index (χ1v) is 10.8. The maximum atomic E-state index is 12.8. The fraction of sp³-hybridized carbons (Fsp3) is 0.192. The van der Waals surface area contributed by atoms with Crippen molar-refractivity contribution < 1.29 is 33.0 Å². The smallest absolute Gasteiger partial charge is 0.373 e. The lowest BCUT2D eigenvalue weighted by molar-refractivity contribution is -0.123. The van der Waals surface area contributed by atoms with E-state index < -0.39 is 17.9 Å². The Labute approximate surface area is 201 Å². The lowest BCUT2D eigenvalue weighted by atomic mass is 10.1. The molecule has 0 spiro atoms. The van der Waals surface area contributed by atoms with Crippen molar-refractivity contribution in [2.75, 3.05) is 14.2 Å². The molecular formula is C26H24N2O7. The van der Waals surface area contributed by atoms with Crippen molar-refractivity contribution in [1.82, 2.24) is 10.2 Å². The number of imide groups is 1. The van der Waals surface area contributed by atoms with Crippen molar-refractivity contribution in [3.05, 3.63) is 88.5 Å². The number of aryl methyl sites for hydroxylation is 1. The third-order valence-corrected chi connectivity index (χ3v) is 5.34. The molecular weight excluding hydrogens is 452 g/mol. The van der Waals surface area contributed by atoms with Crippen molar-refractivity contribution >= 4 is 24.0 Å². The zero-order valence-corrected chi connectivity index (χ0v) is 19.5. The van der Waals surface area contributed by atoms with E-state index in [9.17, 15) is 14.4 Å². The minimum atomic E-state index is -0.644. The van der Waals surface area contributed by atoms with Crippen molar-refractivity contribution in [2.24, 2.45) is 0 Å². The predicted molar refractivity (Wildman–Crippen MR) is 126 cm³/mol. The zero-order chi connectivity index (χ0) is 24.9. The quantitative estimate of drug-likeness (QED) is 0.297. The summed E-state index contributed by atoms with van der Waals surface area (Å²) in [6, 6.07) is 15.6. The lowest BCUT2D eigenvalue weighted by Crippen LogP contribution is -2.30. The van der Waals surface area contributed by atoms with Crippen molar-refractivity contribution in [3.63, 3.8) is 0 Å². The molecule has 2 heterocycles. The van der Waals surface area contributed by atoms with Crippen LogP contribution in [0.3, 0.4) is 0 Å². The Hall–Kier alpha value is -4.53. The van der Waals surface area contributed by atoms with Gasteiger partial charge in [0.15, 0.2) is 11.5 Å². The molecule has 9 nitrogen and oxygen atoms in total. The molecule has 0 radical (unpaired) electrons. The number of esters is 1. The van der Waals surface area contributed by atoms with Crippen molar-refractivity contribution in [1.29, 1.82) is 0 Å².